The number of carboxylic acid groups (broad SMARTS) is 1. The third-order valence-electron chi connectivity index (χ3n) is 9.84. The number of aliphatic hydroxyl groups excluding tert-OH is 1. The number of fused-ring (bicyclic) bond motifs is 8. The first kappa shape index (κ1) is 31.8. The number of aliphatic hydroxyl groups is 1. The van der Waals surface area contributed by atoms with E-state index in [2.05, 4.69) is 39.9 Å². The second-order valence-corrected chi connectivity index (χ2v) is 12.0. The normalized spacial score (nSPS) is 24.4. The molecule has 1 saturated heterocycles. The quantitative estimate of drug-likeness (QED) is 0.283. The van der Waals surface area contributed by atoms with Crippen LogP contribution in [0.25, 0.3) is 29.6 Å². The molecule has 1 unspecified atom stereocenters. The van der Waals surface area contributed by atoms with Crippen LogP contribution in [0.5, 0.6) is 0 Å². The van der Waals surface area contributed by atoms with E-state index in [1.54, 1.807) is 0 Å². The Morgan fingerprint density at radius 3 is 2.20 bits per heavy atom. The maximum Gasteiger partial charge on any atom is 2.00 e. The van der Waals surface area contributed by atoms with Crippen molar-refractivity contribution in [1.82, 2.24) is 20.3 Å². The van der Waals surface area contributed by atoms with Gasteiger partial charge in [-0.15, -0.1) is 33.1 Å². The summed E-state index contributed by atoms with van der Waals surface area (Å²) in [4.78, 5) is 40.0. The fourth-order valence-electron chi connectivity index (χ4n) is 7.17. The molecule has 2 aliphatic heterocycles. The number of carbonyl (C=O) groups excluding carboxylic acids is 1. The van der Waals surface area contributed by atoms with E-state index in [4.69, 9.17) is 19.7 Å². The molecule has 5 heterocycles. The third-order valence-corrected chi connectivity index (χ3v) is 9.84. The topological polar surface area (TPSA) is 138 Å². The first-order valence-electron chi connectivity index (χ1n) is 14.8. The molecule has 0 radical (unpaired) electrons. The summed E-state index contributed by atoms with van der Waals surface area (Å²) < 4.78 is 5.18. The van der Waals surface area contributed by atoms with Crippen LogP contribution >= 0.6 is 0 Å². The summed E-state index contributed by atoms with van der Waals surface area (Å²) in [5, 5.41) is 27.6. The number of hydrogen-bond donors (Lipinski definition) is 3. The van der Waals surface area contributed by atoms with Gasteiger partial charge in [-0.2, -0.15) is 0 Å². The van der Waals surface area contributed by atoms with Crippen molar-refractivity contribution in [3.8, 4) is 0 Å². The van der Waals surface area contributed by atoms with E-state index >= 15 is 0 Å². The Labute approximate surface area is 272 Å². The minimum Gasteiger partial charge on any atom is -0.657 e. The third kappa shape index (κ3) is 4.83. The number of rotatable bonds is 5. The van der Waals surface area contributed by atoms with Crippen LogP contribution in [0.3, 0.4) is 0 Å². The first-order valence-corrected chi connectivity index (χ1v) is 14.8. The Kier molecular flexibility index (Phi) is 8.45. The Morgan fingerprint density at radius 1 is 0.932 bits per heavy atom. The fourth-order valence-corrected chi connectivity index (χ4v) is 7.17. The monoisotopic (exact) mass is 605 g/mol. The Hall–Kier alpha value is -3.63. The molecule has 1 fully saturated rings. The van der Waals surface area contributed by atoms with Gasteiger partial charge in [-0.05, 0) is 52.0 Å². The van der Waals surface area contributed by atoms with Crippen LogP contribution in [0.1, 0.15) is 71.6 Å². The second kappa shape index (κ2) is 11.7. The fraction of sp³-hybridized carbons (Fsp3) is 0.412. The largest absolute Gasteiger partial charge is 2.00 e. The number of methoxy groups -OCH3 is 1. The number of carbonyl (C=O) groups is 2. The predicted molar refractivity (Wildman–Crippen MR) is 168 cm³/mol. The van der Waals surface area contributed by atoms with Crippen molar-refractivity contribution in [2.24, 2.45) is 17.8 Å². The Morgan fingerprint density at radius 2 is 1.57 bits per heavy atom. The maximum absolute atomic E-state index is 13.2. The van der Waals surface area contributed by atoms with Gasteiger partial charge in [-0.1, -0.05) is 59.9 Å². The standard InChI is InChI=1S/C34H37N4O5.Mg/c1-8-19-16(4)23-11-21-14(2)15(3)22(35-21)12-24-17(5)20(9-10-27(39)40)31(37-24)29-30(34(42)43-7)33(41)28-18(6)25(38-32(28)29)13-26(19)36-23;/h11-13,17,20,30-31,37,41H,8-10H2,1-7H3,(H,39,40);/q-3;+2/b23-11-,24-12-,26-13-;/t17-,20-,30+,31?;/m0./s1. The van der Waals surface area contributed by atoms with Gasteiger partial charge >= 0.3 is 35.0 Å². The number of carboxylic acids is 1. The van der Waals surface area contributed by atoms with Gasteiger partial charge in [0.05, 0.1) is 13.2 Å². The van der Waals surface area contributed by atoms with E-state index in [0.29, 0.717) is 28.3 Å². The molecule has 44 heavy (non-hydrogen) atoms. The number of allylic oxidation sites excluding steroid dienone is 1. The smallest absolute Gasteiger partial charge is 0.657 e. The predicted octanol–water partition coefficient (Wildman–Crippen LogP) is 0.694. The summed E-state index contributed by atoms with van der Waals surface area (Å²) in [7, 11) is 1.31. The molecule has 0 amide bonds. The molecule has 3 aromatic rings. The van der Waals surface area contributed by atoms with Crippen molar-refractivity contribution in [3.63, 3.8) is 0 Å². The molecule has 3 aliphatic rings. The second-order valence-electron chi connectivity index (χ2n) is 12.0. The van der Waals surface area contributed by atoms with Crippen molar-refractivity contribution >= 4 is 64.6 Å². The van der Waals surface area contributed by atoms with Gasteiger partial charge in [0.2, 0.25) is 0 Å². The van der Waals surface area contributed by atoms with Crippen LogP contribution < -0.4 is 41.5 Å². The summed E-state index contributed by atoms with van der Waals surface area (Å²) >= 11 is 0. The average Bonchev–Trinajstić information content (AvgIpc) is 3.70. The molecular formula is C34H37MgN4O5-. The van der Waals surface area contributed by atoms with Crippen LogP contribution in [0.2, 0.25) is 0 Å². The number of ether oxygens (including phenoxy) is 1. The number of nitrogens with one attached hydrogen (secondary N) is 1. The van der Waals surface area contributed by atoms with Crippen molar-refractivity contribution in [2.45, 2.75) is 66.8 Å². The molecule has 4 atom stereocenters. The molecule has 0 spiro atoms. The zero-order chi connectivity index (χ0) is 30.9. The summed E-state index contributed by atoms with van der Waals surface area (Å²) in [6.45, 7) is 12.3. The molecule has 3 N–H and O–H groups in total. The number of aliphatic carboxylic acids is 1. The van der Waals surface area contributed by atoms with Gasteiger partial charge in [0.1, 0.15) is 11.7 Å². The Balaban J connectivity index is 0.00000384. The minimum atomic E-state index is -1.04. The molecule has 0 aromatic carbocycles. The zero-order valence-electron chi connectivity index (χ0n) is 26.3. The van der Waals surface area contributed by atoms with Crippen molar-refractivity contribution in [3.05, 3.63) is 71.9 Å². The molecule has 1 aliphatic carbocycles. The van der Waals surface area contributed by atoms with Crippen LogP contribution in [0.4, 0.5) is 0 Å². The molecule has 9 nitrogen and oxygen atoms in total. The van der Waals surface area contributed by atoms with Crippen molar-refractivity contribution in [2.75, 3.05) is 7.11 Å². The van der Waals surface area contributed by atoms with Crippen LogP contribution in [0, 0.1) is 45.4 Å². The SMILES string of the molecule is CCc1c(C)/c2[n-]/c1=C\c1[n-]c3c(c1C)=C(O)[C@H](C(=O)OC)C=3C1N/C(=C\c3[n-]c(c(C)c3C)\C=2)[C@@H](C)[C@@H]1CCC(=O)O.[Mg+2]. The summed E-state index contributed by atoms with van der Waals surface area (Å²) in [5.41, 5.74) is 8.98. The number of hydrogen-bond acceptors (Lipinski definition) is 5. The van der Waals surface area contributed by atoms with Gasteiger partial charge in [-0.25, -0.2) is 0 Å². The van der Waals surface area contributed by atoms with Gasteiger partial charge in [0.25, 0.3) is 0 Å². The summed E-state index contributed by atoms with van der Waals surface area (Å²) in [6, 6.07) is -0.456. The Bertz CT molecular complexity index is 1980. The van der Waals surface area contributed by atoms with E-state index in [1.165, 1.54) is 7.11 Å². The molecular weight excluding hydrogens is 569 g/mol. The van der Waals surface area contributed by atoms with E-state index in [-0.39, 0.29) is 47.1 Å². The van der Waals surface area contributed by atoms with Gasteiger partial charge in [0, 0.05) is 23.3 Å². The molecule has 10 heteroatoms. The molecule has 0 saturated carbocycles. The van der Waals surface area contributed by atoms with Crippen LogP contribution in [0.15, 0.2) is 5.70 Å². The number of aromatic nitrogens is 3. The summed E-state index contributed by atoms with van der Waals surface area (Å²) in [6.07, 6.45) is 7.18. The van der Waals surface area contributed by atoms with Crippen LogP contribution in [-0.2, 0) is 20.7 Å². The van der Waals surface area contributed by atoms with Crippen LogP contribution in [-0.4, -0.2) is 58.4 Å². The molecule has 8 bridgehead atoms. The molecule has 6 rings (SSSR count). The van der Waals surface area contributed by atoms with E-state index < -0.39 is 23.9 Å². The van der Waals surface area contributed by atoms with E-state index in [1.807, 2.05) is 25.2 Å². The maximum atomic E-state index is 13.2. The van der Waals surface area contributed by atoms with Crippen molar-refractivity contribution < 1.29 is 24.5 Å². The van der Waals surface area contributed by atoms with Gasteiger partial charge < -0.3 is 35.2 Å². The minimum absolute atomic E-state index is 0. The zero-order valence-corrected chi connectivity index (χ0v) is 27.7. The van der Waals surface area contributed by atoms with Crippen molar-refractivity contribution in [1.29, 1.82) is 0 Å². The molecule has 226 valence electrons. The first-order chi connectivity index (χ1) is 20.5. The molecule has 3 aromatic heterocycles. The van der Waals surface area contributed by atoms with E-state index in [0.717, 1.165) is 62.0 Å². The number of esters is 1. The number of nitrogens with zero attached hydrogens (tertiary/aromatic N) is 3. The van der Waals surface area contributed by atoms with Gasteiger partial charge in [-0.3, -0.25) is 9.59 Å². The van der Waals surface area contributed by atoms with E-state index in [9.17, 15) is 19.8 Å². The van der Waals surface area contributed by atoms with Gasteiger partial charge in [0.15, 0.2) is 0 Å². The average molecular weight is 606 g/mol. The summed E-state index contributed by atoms with van der Waals surface area (Å²) in [5.74, 6) is -2.84.